The highest BCUT2D eigenvalue weighted by Gasteiger charge is 2.68. The molecule has 2 heterocycles. The molecule has 10 nitrogen and oxygen atoms in total. The highest BCUT2D eigenvalue weighted by molar-refractivity contribution is 6.06. The number of benzene rings is 3. The van der Waals surface area contributed by atoms with Crippen LogP contribution in [0.3, 0.4) is 0 Å². The van der Waals surface area contributed by atoms with Crippen LogP contribution < -0.4 is 10.1 Å². The van der Waals surface area contributed by atoms with Gasteiger partial charge in [-0.15, -0.1) is 0 Å². The van der Waals surface area contributed by atoms with Crippen molar-refractivity contribution in [3.05, 3.63) is 110 Å². The van der Waals surface area contributed by atoms with E-state index in [1.165, 1.54) is 12.1 Å². The number of amides is 1. The van der Waals surface area contributed by atoms with E-state index in [9.17, 15) is 25.0 Å². The van der Waals surface area contributed by atoms with E-state index in [1.54, 1.807) is 72.6 Å². The number of nitrogens with zero attached hydrogens (tertiary/aromatic N) is 3. The molecule has 3 aromatic rings. The average molecular weight is 474 g/mol. The fraction of sp³-hybridized carbons (Fsp3) is 0.240. The molecule has 10 heteroatoms. The second kappa shape index (κ2) is 8.48. The van der Waals surface area contributed by atoms with Gasteiger partial charge in [0.1, 0.15) is 12.4 Å². The third-order valence-electron chi connectivity index (χ3n) is 6.88. The van der Waals surface area contributed by atoms with Crippen LogP contribution in [0.25, 0.3) is 0 Å². The summed E-state index contributed by atoms with van der Waals surface area (Å²) >= 11 is 0. The highest BCUT2D eigenvalue weighted by Crippen LogP contribution is 2.51. The Bertz CT molecular complexity index is 1330. The molecule has 0 radical (unpaired) electrons. The molecule has 0 aliphatic carbocycles. The fourth-order valence-corrected chi connectivity index (χ4v) is 5.32. The Morgan fingerprint density at radius 2 is 1.80 bits per heavy atom. The fourth-order valence-electron chi connectivity index (χ4n) is 5.32. The highest BCUT2D eigenvalue weighted by atomic mass is 16.6. The maximum Gasteiger partial charge on any atom is 0.269 e. The molecular weight excluding hydrogens is 452 g/mol. The van der Waals surface area contributed by atoms with Gasteiger partial charge in [0.05, 0.1) is 10.8 Å². The molecule has 1 saturated heterocycles. The topological polar surface area (TPSA) is 128 Å². The van der Waals surface area contributed by atoms with E-state index in [-0.39, 0.29) is 23.1 Å². The zero-order valence-electron chi connectivity index (χ0n) is 18.8. The Hall–Kier alpha value is -4.31. The Balaban J connectivity index is 1.40. The predicted octanol–water partition coefficient (Wildman–Crippen LogP) is 3.70. The number of likely N-dealkylation sites (tertiary alicyclic amines) is 1. The number of ether oxygens (including phenoxy) is 1. The molecule has 0 aromatic heterocycles. The minimum atomic E-state index is -1.39. The zero-order valence-corrected chi connectivity index (χ0v) is 18.8. The van der Waals surface area contributed by atoms with Gasteiger partial charge in [0.25, 0.3) is 17.6 Å². The Labute approximate surface area is 200 Å². The zero-order chi connectivity index (χ0) is 24.7. The van der Waals surface area contributed by atoms with Crippen LogP contribution in [0.15, 0.2) is 72.8 Å². The first-order valence-electron chi connectivity index (χ1n) is 11.0. The lowest BCUT2D eigenvalue weighted by Gasteiger charge is -2.30. The molecule has 35 heavy (non-hydrogen) atoms. The number of hydrogen-bond acceptors (Lipinski definition) is 7. The normalized spacial score (nSPS) is 23.2. The van der Waals surface area contributed by atoms with E-state index in [2.05, 4.69) is 5.32 Å². The lowest BCUT2D eigenvalue weighted by molar-refractivity contribution is -0.534. The number of hydrogen-bond donors (Lipinski definition) is 1. The molecular formula is C25H22N4O6. The maximum absolute atomic E-state index is 13.2. The number of carbonyl (C=O) groups is 1. The number of nitro benzene ring substituents is 1. The molecule has 2 aliphatic heterocycles. The first-order chi connectivity index (χ1) is 16.8. The number of fused-ring (bicyclic) bond motifs is 2. The van der Waals surface area contributed by atoms with Gasteiger partial charge in [-0.3, -0.25) is 29.9 Å². The predicted molar refractivity (Wildman–Crippen MR) is 127 cm³/mol. The Kier molecular flexibility index (Phi) is 5.45. The number of rotatable bonds is 6. The molecule has 1 N–H and O–H groups in total. The van der Waals surface area contributed by atoms with Crippen LogP contribution >= 0.6 is 0 Å². The number of para-hydroxylation sites is 1. The lowest BCUT2D eigenvalue weighted by Crippen LogP contribution is -2.54. The number of nitrogens with one attached hydrogen (secondary N) is 1. The second-order valence-electron chi connectivity index (χ2n) is 8.77. The summed E-state index contributed by atoms with van der Waals surface area (Å²) < 4.78 is 5.77. The van der Waals surface area contributed by atoms with Crippen LogP contribution in [0, 0.1) is 20.2 Å². The van der Waals surface area contributed by atoms with Crippen molar-refractivity contribution in [2.24, 2.45) is 0 Å². The van der Waals surface area contributed by atoms with Gasteiger partial charge in [0, 0.05) is 34.9 Å². The van der Waals surface area contributed by atoms with Crippen LogP contribution in [0.2, 0.25) is 0 Å². The molecule has 5 rings (SSSR count). The van der Waals surface area contributed by atoms with E-state index < -0.39 is 22.4 Å². The molecule has 0 saturated carbocycles. The van der Waals surface area contributed by atoms with Crippen molar-refractivity contribution in [3.63, 3.8) is 0 Å². The average Bonchev–Trinajstić information content (AvgIpc) is 3.33. The van der Waals surface area contributed by atoms with Crippen molar-refractivity contribution in [1.82, 2.24) is 4.90 Å². The van der Waals surface area contributed by atoms with E-state index in [0.29, 0.717) is 29.1 Å². The Morgan fingerprint density at radius 3 is 2.51 bits per heavy atom. The standard InChI is InChI=1S/C25H22N4O6/c1-27-14-20(23(29(33)34)25(27)21-7-2-3-8-22(21)26-24(25)30)17-9-11-19(12-10-17)35-15-16-5-4-6-18(13-16)28(31)32/h2-13,20,23H,14-15H2,1H3,(H,26,30)/t20-,23-,25+/m1/s1. The van der Waals surface area contributed by atoms with Crippen LogP contribution in [0.5, 0.6) is 5.75 Å². The third-order valence-corrected chi connectivity index (χ3v) is 6.88. The molecule has 1 amide bonds. The van der Waals surface area contributed by atoms with Gasteiger partial charge < -0.3 is 10.1 Å². The monoisotopic (exact) mass is 474 g/mol. The molecule has 1 spiro atoms. The van der Waals surface area contributed by atoms with Crippen LogP contribution in [-0.4, -0.2) is 40.3 Å². The van der Waals surface area contributed by atoms with E-state index in [0.717, 1.165) is 5.56 Å². The third kappa shape index (κ3) is 3.58. The summed E-state index contributed by atoms with van der Waals surface area (Å²) in [4.78, 5) is 37.5. The smallest absolute Gasteiger partial charge is 0.269 e. The van der Waals surface area contributed by atoms with Gasteiger partial charge in [0.15, 0.2) is 5.54 Å². The minimum absolute atomic E-state index is 0.0101. The van der Waals surface area contributed by atoms with E-state index >= 15 is 0 Å². The van der Waals surface area contributed by atoms with Crippen molar-refractivity contribution >= 4 is 17.3 Å². The van der Waals surface area contributed by atoms with Gasteiger partial charge in [-0.05, 0) is 36.4 Å². The molecule has 0 bridgehead atoms. The summed E-state index contributed by atoms with van der Waals surface area (Å²) in [6.45, 7) is 0.478. The molecule has 0 unspecified atom stereocenters. The van der Waals surface area contributed by atoms with Crippen LogP contribution in [-0.2, 0) is 16.9 Å². The van der Waals surface area contributed by atoms with Crippen LogP contribution in [0.4, 0.5) is 11.4 Å². The van der Waals surface area contributed by atoms with Crippen LogP contribution in [0.1, 0.15) is 22.6 Å². The summed E-state index contributed by atoms with van der Waals surface area (Å²) in [5, 5.41) is 26.2. The number of anilines is 1. The summed E-state index contributed by atoms with van der Waals surface area (Å²) in [5.74, 6) is -0.372. The van der Waals surface area contributed by atoms with Gasteiger partial charge in [-0.2, -0.15) is 0 Å². The second-order valence-corrected chi connectivity index (χ2v) is 8.77. The quantitative estimate of drug-likeness (QED) is 0.426. The van der Waals surface area contributed by atoms with Crippen molar-refractivity contribution in [1.29, 1.82) is 0 Å². The Morgan fingerprint density at radius 1 is 1.06 bits per heavy atom. The summed E-state index contributed by atoms with van der Waals surface area (Å²) in [5.41, 5.74) is 1.21. The number of nitro groups is 2. The van der Waals surface area contributed by atoms with Gasteiger partial charge in [0.2, 0.25) is 0 Å². The van der Waals surface area contributed by atoms with E-state index in [1.807, 2.05) is 0 Å². The number of likely N-dealkylation sites (N-methyl/N-ethyl adjacent to an activating group) is 1. The molecule has 1 fully saturated rings. The summed E-state index contributed by atoms with van der Waals surface area (Å²) in [7, 11) is 1.74. The molecule has 2 aliphatic rings. The number of carbonyl (C=O) groups excluding carboxylic acids is 1. The number of non-ortho nitro benzene ring substituents is 1. The van der Waals surface area contributed by atoms with Gasteiger partial charge >= 0.3 is 0 Å². The van der Waals surface area contributed by atoms with Crippen molar-refractivity contribution in [2.75, 3.05) is 18.9 Å². The lowest BCUT2D eigenvalue weighted by atomic mass is 9.79. The summed E-state index contributed by atoms with van der Waals surface area (Å²) in [6.07, 6.45) is 0. The van der Waals surface area contributed by atoms with Crippen molar-refractivity contribution in [2.45, 2.75) is 24.1 Å². The van der Waals surface area contributed by atoms with Crippen molar-refractivity contribution < 1.29 is 19.4 Å². The molecule has 178 valence electrons. The summed E-state index contributed by atoms with van der Waals surface area (Å²) in [6, 6.07) is 19.1. The van der Waals surface area contributed by atoms with E-state index in [4.69, 9.17) is 4.74 Å². The first-order valence-corrected chi connectivity index (χ1v) is 11.0. The van der Waals surface area contributed by atoms with Gasteiger partial charge in [-0.1, -0.05) is 42.5 Å². The van der Waals surface area contributed by atoms with Gasteiger partial charge in [-0.25, -0.2) is 0 Å². The maximum atomic E-state index is 13.2. The first kappa shape index (κ1) is 22.5. The molecule has 3 aromatic carbocycles. The largest absolute Gasteiger partial charge is 0.489 e. The molecule has 3 atom stereocenters. The van der Waals surface area contributed by atoms with Crippen molar-refractivity contribution in [3.8, 4) is 5.75 Å². The SMILES string of the molecule is CN1C[C@H](c2ccc(OCc3cccc([N+](=O)[O-])c3)cc2)[C@@H]([N+](=O)[O-])[C@@]12C(=O)Nc1ccccc12. The minimum Gasteiger partial charge on any atom is -0.489 e.